The molecule has 21 heavy (non-hydrogen) atoms. The van der Waals surface area contributed by atoms with Crippen molar-refractivity contribution in [3.05, 3.63) is 52.3 Å². The van der Waals surface area contributed by atoms with Gasteiger partial charge in [-0.1, -0.05) is 29.3 Å². The minimum Gasteiger partial charge on any atom is -0.497 e. The first-order chi connectivity index (χ1) is 10.2. The number of hydrogen-bond acceptors (Lipinski definition) is 2. The second-order valence-electron chi connectivity index (χ2n) is 4.42. The zero-order valence-electron chi connectivity index (χ0n) is 11.1. The molecule has 3 nitrogen and oxygen atoms in total. The molecule has 0 aliphatic rings. The van der Waals surface area contributed by atoms with Crippen molar-refractivity contribution < 1.29 is 4.74 Å². The molecule has 2 aromatic carbocycles. The number of methoxy groups -OCH3 is 1. The third-order valence-corrected chi connectivity index (χ3v) is 4.08. The molecule has 0 saturated carbocycles. The van der Waals surface area contributed by atoms with Crippen molar-refractivity contribution in [1.29, 1.82) is 0 Å². The second-order valence-corrected chi connectivity index (χ2v) is 5.50. The standard InChI is InChI=1S/C15H11Cl3N2O/c1-21-9-5-6-10(17)13(7-9)20-12-4-2-3-11(18)15(12)19-14(20)8-16/h2-7H,8H2,1H3. The van der Waals surface area contributed by atoms with Crippen LogP contribution in [0.5, 0.6) is 5.75 Å². The van der Waals surface area contributed by atoms with Crippen molar-refractivity contribution in [3.8, 4) is 11.4 Å². The normalized spacial score (nSPS) is 11.0. The van der Waals surface area contributed by atoms with Gasteiger partial charge in [-0.2, -0.15) is 0 Å². The van der Waals surface area contributed by atoms with Gasteiger partial charge in [0.1, 0.15) is 17.1 Å². The number of fused-ring (bicyclic) bond motifs is 1. The summed E-state index contributed by atoms with van der Waals surface area (Å²) >= 11 is 18.6. The topological polar surface area (TPSA) is 27.1 Å². The molecule has 6 heteroatoms. The second kappa shape index (κ2) is 5.76. The summed E-state index contributed by atoms with van der Waals surface area (Å²) in [6.45, 7) is 0. The van der Waals surface area contributed by atoms with Crippen LogP contribution in [0.3, 0.4) is 0 Å². The number of hydrogen-bond donors (Lipinski definition) is 0. The Morgan fingerprint density at radius 3 is 2.67 bits per heavy atom. The van der Waals surface area contributed by atoms with Crippen LogP contribution in [-0.4, -0.2) is 16.7 Å². The van der Waals surface area contributed by atoms with E-state index >= 15 is 0 Å². The monoisotopic (exact) mass is 340 g/mol. The van der Waals surface area contributed by atoms with Crippen molar-refractivity contribution in [1.82, 2.24) is 9.55 Å². The minimum absolute atomic E-state index is 0.249. The number of rotatable bonds is 3. The van der Waals surface area contributed by atoms with Crippen LogP contribution in [0.1, 0.15) is 5.82 Å². The van der Waals surface area contributed by atoms with E-state index in [2.05, 4.69) is 4.98 Å². The summed E-state index contributed by atoms with van der Waals surface area (Å²) in [5.41, 5.74) is 2.32. The van der Waals surface area contributed by atoms with Crippen LogP contribution >= 0.6 is 34.8 Å². The van der Waals surface area contributed by atoms with Gasteiger partial charge in [-0.3, -0.25) is 4.57 Å². The largest absolute Gasteiger partial charge is 0.497 e. The molecule has 0 radical (unpaired) electrons. The number of nitrogens with zero attached hydrogens (tertiary/aromatic N) is 2. The van der Waals surface area contributed by atoms with E-state index in [1.807, 2.05) is 22.8 Å². The zero-order chi connectivity index (χ0) is 15.0. The number of alkyl halides is 1. The maximum absolute atomic E-state index is 6.33. The minimum atomic E-state index is 0.249. The Bertz CT molecular complexity index is 814. The number of ether oxygens (including phenoxy) is 1. The summed E-state index contributed by atoms with van der Waals surface area (Å²) in [6, 6.07) is 11.0. The van der Waals surface area contributed by atoms with Crippen LogP contribution < -0.4 is 4.74 Å². The average molecular weight is 342 g/mol. The summed E-state index contributed by atoms with van der Waals surface area (Å²) in [6.07, 6.45) is 0. The first-order valence-corrected chi connectivity index (χ1v) is 7.50. The average Bonchev–Trinajstić information content (AvgIpc) is 2.88. The SMILES string of the molecule is COc1ccc(Cl)c(-n2c(CCl)nc3c(Cl)cccc32)c1. The highest BCUT2D eigenvalue weighted by Crippen LogP contribution is 2.32. The predicted octanol–water partition coefficient (Wildman–Crippen LogP) is 5.08. The molecule has 0 amide bonds. The fourth-order valence-corrected chi connectivity index (χ4v) is 2.86. The van der Waals surface area contributed by atoms with Crippen LogP contribution in [0.25, 0.3) is 16.7 Å². The highest BCUT2D eigenvalue weighted by Gasteiger charge is 2.16. The lowest BCUT2D eigenvalue weighted by Gasteiger charge is -2.11. The van der Waals surface area contributed by atoms with Gasteiger partial charge >= 0.3 is 0 Å². The molecular formula is C15H11Cl3N2O. The summed E-state index contributed by atoms with van der Waals surface area (Å²) in [5.74, 6) is 1.63. The molecule has 0 aliphatic carbocycles. The number of imidazole rings is 1. The third-order valence-electron chi connectivity index (χ3n) is 3.22. The first-order valence-electron chi connectivity index (χ1n) is 6.21. The third kappa shape index (κ3) is 2.46. The van der Waals surface area contributed by atoms with E-state index in [4.69, 9.17) is 39.5 Å². The number of para-hydroxylation sites is 1. The van der Waals surface area contributed by atoms with Crippen LogP contribution in [0, 0.1) is 0 Å². The smallest absolute Gasteiger partial charge is 0.129 e. The molecule has 0 bridgehead atoms. The molecule has 0 aliphatic heterocycles. The molecule has 108 valence electrons. The van der Waals surface area contributed by atoms with Gasteiger partial charge in [0.05, 0.1) is 34.2 Å². The fourth-order valence-electron chi connectivity index (χ4n) is 2.26. The van der Waals surface area contributed by atoms with Crippen LogP contribution in [-0.2, 0) is 5.88 Å². The molecule has 0 N–H and O–H groups in total. The summed E-state index contributed by atoms with van der Waals surface area (Å²) in [5, 5.41) is 1.16. The quantitative estimate of drug-likeness (QED) is 0.621. The van der Waals surface area contributed by atoms with Gasteiger partial charge in [0, 0.05) is 6.07 Å². The van der Waals surface area contributed by atoms with Gasteiger partial charge in [-0.15, -0.1) is 11.6 Å². The van der Waals surface area contributed by atoms with Gasteiger partial charge < -0.3 is 4.74 Å². The van der Waals surface area contributed by atoms with E-state index in [0.29, 0.717) is 27.1 Å². The van der Waals surface area contributed by atoms with Crippen LogP contribution in [0.15, 0.2) is 36.4 Å². The lowest BCUT2D eigenvalue weighted by atomic mass is 10.2. The highest BCUT2D eigenvalue weighted by molar-refractivity contribution is 6.35. The molecule has 1 heterocycles. The van der Waals surface area contributed by atoms with Crippen LogP contribution in [0.2, 0.25) is 10.0 Å². The molecule has 0 saturated heterocycles. The molecule has 3 rings (SSSR count). The summed E-state index contributed by atoms with van der Waals surface area (Å²) < 4.78 is 7.17. The van der Waals surface area contributed by atoms with E-state index in [0.717, 1.165) is 11.2 Å². The summed E-state index contributed by atoms with van der Waals surface area (Å²) in [7, 11) is 1.61. The van der Waals surface area contributed by atoms with E-state index in [1.54, 1.807) is 25.3 Å². The Hall–Kier alpha value is -1.42. The van der Waals surface area contributed by atoms with Gasteiger partial charge in [-0.05, 0) is 24.3 Å². The Morgan fingerprint density at radius 2 is 1.95 bits per heavy atom. The van der Waals surface area contributed by atoms with Gasteiger partial charge in [-0.25, -0.2) is 4.98 Å². The fraction of sp³-hybridized carbons (Fsp3) is 0.133. The van der Waals surface area contributed by atoms with Crippen molar-refractivity contribution >= 4 is 45.8 Å². The maximum atomic E-state index is 6.33. The Balaban J connectivity index is 2.36. The number of benzene rings is 2. The summed E-state index contributed by atoms with van der Waals surface area (Å²) in [4.78, 5) is 4.50. The van der Waals surface area contributed by atoms with Crippen LogP contribution in [0.4, 0.5) is 0 Å². The van der Waals surface area contributed by atoms with Gasteiger partial charge in [0.15, 0.2) is 0 Å². The molecule has 0 fully saturated rings. The van der Waals surface area contributed by atoms with Crippen molar-refractivity contribution in [2.45, 2.75) is 5.88 Å². The molecule has 0 atom stereocenters. The van der Waals surface area contributed by atoms with Crippen molar-refractivity contribution in [2.24, 2.45) is 0 Å². The molecular weight excluding hydrogens is 331 g/mol. The molecule has 1 aromatic heterocycles. The van der Waals surface area contributed by atoms with E-state index < -0.39 is 0 Å². The first kappa shape index (κ1) is 14.5. The van der Waals surface area contributed by atoms with Crippen molar-refractivity contribution in [3.63, 3.8) is 0 Å². The Morgan fingerprint density at radius 1 is 1.14 bits per heavy atom. The number of aromatic nitrogens is 2. The number of halogens is 3. The maximum Gasteiger partial charge on any atom is 0.129 e. The van der Waals surface area contributed by atoms with E-state index in [9.17, 15) is 0 Å². The van der Waals surface area contributed by atoms with E-state index in [1.165, 1.54) is 0 Å². The lowest BCUT2D eigenvalue weighted by Crippen LogP contribution is -2.00. The molecule has 0 spiro atoms. The zero-order valence-corrected chi connectivity index (χ0v) is 13.4. The van der Waals surface area contributed by atoms with Crippen molar-refractivity contribution in [2.75, 3.05) is 7.11 Å². The predicted molar refractivity (Wildman–Crippen MR) is 87.2 cm³/mol. The van der Waals surface area contributed by atoms with Gasteiger partial charge in [0.2, 0.25) is 0 Å². The highest BCUT2D eigenvalue weighted by atomic mass is 35.5. The Labute approximate surface area is 137 Å². The molecule has 0 unspecified atom stereocenters. The molecule has 3 aromatic rings. The lowest BCUT2D eigenvalue weighted by molar-refractivity contribution is 0.414. The van der Waals surface area contributed by atoms with E-state index in [-0.39, 0.29) is 5.88 Å². The Kier molecular flexibility index (Phi) is 3.98. The van der Waals surface area contributed by atoms with Gasteiger partial charge in [0.25, 0.3) is 0 Å².